The third-order valence-corrected chi connectivity index (χ3v) is 4.71. The molecule has 22 heavy (non-hydrogen) atoms. The molecule has 7 heteroatoms. The van der Waals surface area contributed by atoms with E-state index >= 15 is 0 Å². The van der Waals surface area contributed by atoms with Gasteiger partial charge < -0.3 is 16.0 Å². The highest BCUT2D eigenvalue weighted by Gasteiger charge is 2.39. The van der Waals surface area contributed by atoms with Gasteiger partial charge in [0.2, 0.25) is 5.91 Å². The number of carbonyl (C=O) groups is 1. The van der Waals surface area contributed by atoms with Gasteiger partial charge in [-0.25, -0.2) is 0 Å². The van der Waals surface area contributed by atoms with Gasteiger partial charge in [-0.1, -0.05) is 0 Å². The molecule has 1 aliphatic carbocycles. The first-order valence-corrected chi connectivity index (χ1v) is 7.78. The minimum absolute atomic E-state index is 0.0266. The average molecular weight is 304 g/mol. The first-order valence-electron chi connectivity index (χ1n) is 7.78. The fourth-order valence-corrected chi connectivity index (χ4v) is 3.08. The van der Waals surface area contributed by atoms with E-state index in [4.69, 9.17) is 5.73 Å². The van der Waals surface area contributed by atoms with Crippen LogP contribution in [0.15, 0.2) is 11.2 Å². The Labute approximate surface area is 130 Å². The fourth-order valence-electron chi connectivity index (χ4n) is 3.08. The van der Waals surface area contributed by atoms with Gasteiger partial charge in [-0.15, -0.1) is 0 Å². The maximum absolute atomic E-state index is 12.1. The number of aromatic nitrogens is 2. The fraction of sp³-hybridized carbons (Fsp3) is 0.667. The Morgan fingerprint density at radius 2 is 2.23 bits per heavy atom. The molecular formula is C15H24N6O. The van der Waals surface area contributed by atoms with Crippen LogP contribution in [-0.4, -0.2) is 46.2 Å². The standard InChI is InChI=1S/C15H24N6O/c1-9-12(8-18-21(9)3)14-10(6-13(22)20(14)2)7-17-15(16)19-11-4-5-11/h8,10-11,14H,4-7H2,1-3H3,(H3,16,17,19)/t10-,14+/m0/s1. The molecule has 1 saturated carbocycles. The molecule has 0 bridgehead atoms. The topological polar surface area (TPSA) is 88.5 Å². The zero-order valence-electron chi connectivity index (χ0n) is 13.4. The number of nitrogens with one attached hydrogen (secondary N) is 1. The number of carbonyl (C=O) groups excluding carboxylic acids is 1. The first-order chi connectivity index (χ1) is 10.5. The van der Waals surface area contributed by atoms with E-state index in [2.05, 4.69) is 15.4 Å². The molecule has 1 saturated heterocycles. The molecule has 120 valence electrons. The summed E-state index contributed by atoms with van der Waals surface area (Å²) in [5.41, 5.74) is 8.09. The number of aryl methyl sites for hydroxylation is 1. The van der Waals surface area contributed by atoms with Crippen molar-refractivity contribution in [1.29, 1.82) is 0 Å². The molecule has 7 nitrogen and oxygen atoms in total. The van der Waals surface area contributed by atoms with Crippen LogP contribution in [-0.2, 0) is 11.8 Å². The molecule has 2 heterocycles. The number of hydrogen-bond acceptors (Lipinski definition) is 3. The maximum Gasteiger partial charge on any atom is 0.223 e. The monoisotopic (exact) mass is 304 g/mol. The predicted molar refractivity (Wildman–Crippen MR) is 84.2 cm³/mol. The second kappa shape index (κ2) is 5.62. The SMILES string of the molecule is Cc1c([C@H]2[C@H](CN=C(N)NC3CC3)CC(=O)N2C)cnn1C. The van der Waals surface area contributed by atoms with E-state index in [1.807, 2.05) is 36.8 Å². The quantitative estimate of drug-likeness (QED) is 0.619. The highest BCUT2D eigenvalue weighted by atomic mass is 16.2. The summed E-state index contributed by atoms with van der Waals surface area (Å²) in [5, 5.41) is 7.49. The zero-order valence-corrected chi connectivity index (χ0v) is 13.4. The van der Waals surface area contributed by atoms with Gasteiger partial charge >= 0.3 is 0 Å². The second-order valence-electron chi connectivity index (χ2n) is 6.37. The van der Waals surface area contributed by atoms with Crippen LogP contribution in [0.1, 0.15) is 36.6 Å². The predicted octanol–water partition coefficient (Wildman–Crippen LogP) is 0.315. The molecule has 3 rings (SSSR count). The summed E-state index contributed by atoms with van der Waals surface area (Å²) < 4.78 is 1.84. The van der Waals surface area contributed by atoms with Gasteiger partial charge in [-0.2, -0.15) is 5.10 Å². The van der Waals surface area contributed by atoms with Gasteiger partial charge in [-0.3, -0.25) is 14.5 Å². The van der Waals surface area contributed by atoms with Crippen LogP contribution >= 0.6 is 0 Å². The number of hydrogen-bond donors (Lipinski definition) is 2. The molecule has 2 aliphatic rings. The Balaban J connectivity index is 1.76. The minimum atomic E-state index is 0.0266. The van der Waals surface area contributed by atoms with E-state index in [-0.39, 0.29) is 17.9 Å². The molecule has 3 N–H and O–H groups in total. The lowest BCUT2D eigenvalue weighted by atomic mass is 9.94. The van der Waals surface area contributed by atoms with Crippen LogP contribution in [0.2, 0.25) is 0 Å². The van der Waals surface area contributed by atoms with Crippen molar-refractivity contribution < 1.29 is 4.79 Å². The third-order valence-electron chi connectivity index (χ3n) is 4.71. The second-order valence-corrected chi connectivity index (χ2v) is 6.37. The normalized spacial score (nSPS) is 25.9. The molecule has 1 aromatic rings. The van der Waals surface area contributed by atoms with Crippen LogP contribution in [0.25, 0.3) is 0 Å². The molecule has 0 spiro atoms. The molecule has 0 aromatic carbocycles. The van der Waals surface area contributed by atoms with E-state index < -0.39 is 0 Å². The molecule has 1 aromatic heterocycles. The van der Waals surface area contributed by atoms with Crippen molar-refractivity contribution in [3.63, 3.8) is 0 Å². The van der Waals surface area contributed by atoms with Gasteiger partial charge in [0.05, 0.1) is 12.2 Å². The van der Waals surface area contributed by atoms with Crippen LogP contribution < -0.4 is 11.1 Å². The summed E-state index contributed by atoms with van der Waals surface area (Å²) in [6.07, 6.45) is 4.70. The highest BCUT2D eigenvalue weighted by Crippen LogP contribution is 2.38. The average Bonchev–Trinajstić information content (AvgIpc) is 3.17. The van der Waals surface area contributed by atoms with Crippen LogP contribution in [0, 0.1) is 12.8 Å². The number of nitrogens with zero attached hydrogens (tertiary/aromatic N) is 4. The third kappa shape index (κ3) is 2.80. The minimum Gasteiger partial charge on any atom is -0.370 e. The number of nitrogens with two attached hydrogens (primary N) is 1. The van der Waals surface area contributed by atoms with Crippen molar-refractivity contribution >= 4 is 11.9 Å². The number of aliphatic imine (C=N–C) groups is 1. The number of amides is 1. The molecule has 0 unspecified atom stereocenters. The summed E-state index contributed by atoms with van der Waals surface area (Å²) in [5.74, 6) is 0.785. The lowest BCUT2D eigenvalue weighted by Crippen LogP contribution is -2.34. The Hall–Kier alpha value is -2.05. The summed E-state index contributed by atoms with van der Waals surface area (Å²) >= 11 is 0. The molecule has 2 atom stereocenters. The van der Waals surface area contributed by atoms with Crippen LogP contribution in [0.4, 0.5) is 0 Å². The van der Waals surface area contributed by atoms with Crippen LogP contribution in [0.5, 0.6) is 0 Å². The van der Waals surface area contributed by atoms with E-state index in [0.717, 1.165) is 11.3 Å². The van der Waals surface area contributed by atoms with Crippen molar-refractivity contribution in [2.75, 3.05) is 13.6 Å². The summed E-state index contributed by atoms with van der Waals surface area (Å²) in [6, 6.07) is 0.520. The van der Waals surface area contributed by atoms with Gasteiger partial charge in [0.25, 0.3) is 0 Å². The highest BCUT2D eigenvalue weighted by molar-refractivity contribution is 5.80. The maximum atomic E-state index is 12.1. The van der Waals surface area contributed by atoms with Crippen LogP contribution in [0.3, 0.4) is 0 Å². The van der Waals surface area contributed by atoms with Crippen molar-refractivity contribution in [3.8, 4) is 0 Å². The first kappa shape index (κ1) is 14.9. The van der Waals surface area contributed by atoms with E-state index in [0.29, 0.717) is 25.0 Å². The van der Waals surface area contributed by atoms with Gasteiger partial charge in [0.15, 0.2) is 5.96 Å². The summed E-state index contributed by atoms with van der Waals surface area (Å²) in [7, 11) is 3.77. The van der Waals surface area contributed by atoms with Crippen molar-refractivity contribution in [1.82, 2.24) is 20.0 Å². The largest absolute Gasteiger partial charge is 0.370 e. The number of likely N-dealkylation sites (tertiary alicyclic amines) is 1. The molecule has 2 fully saturated rings. The summed E-state index contributed by atoms with van der Waals surface area (Å²) in [6.45, 7) is 2.59. The Bertz CT molecular complexity index is 603. The van der Waals surface area contributed by atoms with E-state index in [1.54, 1.807) is 0 Å². The lowest BCUT2D eigenvalue weighted by molar-refractivity contribution is -0.127. The molecular weight excluding hydrogens is 280 g/mol. The Morgan fingerprint density at radius 3 is 2.82 bits per heavy atom. The van der Waals surface area contributed by atoms with E-state index in [9.17, 15) is 4.79 Å². The molecule has 1 aliphatic heterocycles. The van der Waals surface area contributed by atoms with Gasteiger partial charge in [0.1, 0.15) is 0 Å². The van der Waals surface area contributed by atoms with E-state index in [1.165, 1.54) is 12.8 Å². The zero-order chi connectivity index (χ0) is 15.9. The van der Waals surface area contributed by atoms with Crippen molar-refractivity contribution in [2.24, 2.45) is 23.7 Å². The van der Waals surface area contributed by atoms with Gasteiger partial charge in [-0.05, 0) is 19.8 Å². The molecule has 1 amide bonds. The Kier molecular flexibility index (Phi) is 3.80. The van der Waals surface area contributed by atoms with Gasteiger partial charge in [0, 0.05) is 50.3 Å². The molecule has 0 radical (unpaired) electrons. The van der Waals surface area contributed by atoms with Crippen molar-refractivity contribution in [2.45, 2.75) is 38.3 Å². The Morgan fingerprint density at radius 1 is 1.50 bits per heavy atom. The summed E-state index contributed by atoms with van der Waals surface area (Å²) in [4.78, 5) is 18.4. The smallest absolute Gasteiger partial charge is 0.223 e. The van der Waals surface area contributed by atoms with Crippen molar-refractivity contribution in [3.05, 3.63) is 17.5 Å². The number of rotatable bonds is 4. The lowest BCUT2D eigenvalue weighted by Gasteiger charge is -2.24. The number of guanidine groups is 1.